The van der Waals surface area contributed by atoms with E-state index in [0.717, 1.165) is 48.7 Å². The molecule has 2 heterocycles. The van der Waals surface area contributed by atoms with Gasteiger partial charge in [-0.2, -0.15) is 13.2 Å². The Bertz CT molecular complexity index is 1240. The molecule has 2 aliphatic rings. The standard InChI is InChI=1S/C25H24F3N3O2/c1-24(23(33)29-18-9-3-4-10-18)15-30-20-12-5-2-7-16(20)13-21(30)22(32)31(24)19-11-6-8-17(14-19)25(26,27)28/h2,5-8,11-14,18H,3-4,9-10,15H2,1H3,(H,29,33)/t24-/m0/s1. The van der Waals surface area contributed by atoms with Crippen molar-refractivity contribution in [3.63, 3.8) is 0 Å². The number of hydrogen-bond donors (Lipinski definition) is 1. The van der Waals surface area contributed by atoms with Crippen LogP contribution in [0.4, 0.5) is 18.9 Å². The molecule has 1 aliphatic heterocycles. The normalized spacial score (nSPS) is 21.5. The number of carbonyl (C=O) groups excluding carboxylic acids is 2. The molecule has 0 spiro atoms. The summed E-state index contributed by atoms with van der Waals surface area (Å²) in [6, 6.07) is 13.8. The fourth-order valence-electron chi connectivity index (χ4n) is 5.08. The maximum atomic E-state index is 13.7. The third-order valence-corrected chi connectivity index (χ3v) is 6.80. The number of alkyl halides is 3. The van der Waals surface area contributed by atoms with Gasteiger partial charge in [0.25, 0.3) is 5.91 Å². The summed E-state index contributed by atoms with van der Waals surface area (Å²) in [5.41, 5.74) is -1.06. The van der Waals surface area contributed by atoms with Crippen LogP contribution in [0, 0.1) is 0 Å². The molecule has 1 aromatic heterocycles. The molecular formula is C25H24F3N3O2. The number of rotatable bonds is 3. The van der Waals surface area contributed by atoms with Crippen molar-refractivity contribution in [1.29, 1.82) is 0 Å². The molecule has 8 heteroatoms. The van der Waals surface area contributed by atoms with Crippen LogP contribution in [0.15, 0.2) is 54.6 Å². The van der Waals surface area contributed by atoms with Crippen molar-refractivity contribution in [2.24, 2.45) is 0 Å². The fraction of sp³-hybridized carbons (Fsp3) is 0.360. The molecular weight excluding hydrogens is 431 g/mol. The smallest absolute Gasteiger partial charge is 0.351 e. The number of nitrogens with one attached hydrogen (secondary N) is 1. The number of fused-ring (bicyclic) bond motifs is 3. The van der Waals surface area contributed by atoms with Gasteiger partial charge in [-0.25, -0.2) is 0 Å². The van der Waals surface area contributed by atoms with E-state index in [9.17, 15) is 22.8 Å². The number of para-hydroxylation sites is 1. The van der Waals surface area contributed by atoms with Crippen LogP contribution in [0.5, 0.6) is 0 Å². The summed E-state index contributed by atoms with van der Waals surface area (Å²) in [6.45, 7) is 1.77. The zero-order valence-electron chi connectivity index (χ0n) is 18.2. The number of aromatic nitrogens is 1. The molecule has 2 aromatic carbocycles. The number of anilines is 1. The molecule has 5 rings (SSSR count). The van der Waals surface area contributed by atoms with E-state index in [1.165, 1.54) is 17.0 Å². The van der Waals surface area contributed by atoms with Crippen LogP contribution in [-0.2, 0) is 17.5 Å². The average Bonchev–Trinajstić information content (AvgIpc) is 3.41. The maximum absolute atomic E-state index is 13.7. The van der Waals surface area contributed by atoms with Gasteiger partial charge in [0.2, 0.25) is 5.91 Å². The zero-order valence-corrected chi connectivity index (χ0v) is 18.2. The Morgan fingerprint density at radius 1 is 1.06 bits per heavy atom. The second-order valence-electron chi connectivity index (χ2n) is 9.09. The molecule has 2 amide bonds. The lowest BCUT2D eigenvalue weighted by Crippen LogP contribution is -2.65. The Hall–Kier alpha value is -3.29. The molecule has 1 atom stereocenters. The molecule has 1 N–H and O–H groups in total. The summed E-state index contributed by atoms with van der Waals surface area (Å²) in [5.74, 6) is -0.857. The molecule has 172 valence electrons. The minimum Gasteiger partial charge on any atom is -0.351 e. The number of nitrogens with zero attached hydrogens (tertiary/aromatic N) is 2. The molecule has 33 heavy (non-hydrogen) atoms. The number of amides is 2. The van der Waals surface area contributed by atoms with Crippen molar-refractivity contribution in [3.05, 3.63) is 65.9 Å². The van der Waals surface area contributed by atoms with E-state index in [0.29, 0.717) is 5.69 Å². The first-order chi connectivity index (χ1) is 15.7. The number of halogens is 3. The highest BCUT2D eigenvalue weighted by atomic mass is 19.4. The van der Waals surface area contributed by atoms with Crippen LogP contribution in [0.25, 0.3) is 10.9 Å². The van der Waals surface area contributed by atoms with E-state index >= 15 is 0 Å². The van der Waals surface area contributed by atoms with E-state index in [4.69, 9.17) is 0 Å². The molecule has 0 radical (unpaired) electrons. The Morgan fingerprint density at radius 2 is 1.79 bits per heavy atom. The van der Waals surface area contributed by atoms with Gasteiger partial charge in [-0.1, -0.05) is 37.1 Å². The second-order valence-corrected chi connectivity index (χ2v) is 9.09. The Kier molecular flexibility index (Phi) is 4.99. The van der Waals surface area contributed by atoms with E-state index < -0.39 is 23.2 Å². The van der Waals surface area contributed by atoms with Gasteiger partial charge in [0.15, 0.2) is 0 Å². The Labute approximate surface area is 189 Å². The summed E-state index contributed by atoms with van der Waals surface area (Å²) in [5, 5.41) is 3.90. The summed E-state index contributed by atoms with van der Waals surface area (Å²) in [6.07, 6.45) is -0.811. The quantitative estimate of drug-likeness (QED) is 0.595. The number of carbonyl (C=O) groups is 2. The molecule has 1 fully saturated rings. The van der Waals surface area contributed by atoms with Crippen LogP contribution in [-0.4, -0.2) is 28.0 Å². The van der Waals surface area contributed by atoms with Gasteiger partial charge in [0, 0.05) is 22.6 Å². The highest BCUT2D eigenvalue weighted by Gasteiger charge is 2.49. The lowest BCUT2D eigenvalue weighted by atomic mass is 9.93. The highest BCUT2D eigenvalue weighted by Crippen LogP contribution is 2.38. The third-order valence-electron chi connectivity index (χ3n) is 6.80. The molecule has 1 saturated carbocycles. The minimum absolute atomic E-state index is 0.00981. The summed E-state index contributed by atoms with van der Waals surface area (Å²) >= 11 is 0. The Morgan fingerprint density at radius 3 is 2.52 bits per heavy atom. The van der Waals surface area contributed by atoms with Crippen molar-refractivity contribution in [1.82, 2.24) is 9.88 Å². The van der Waals surface area contributed by atoms with Crippen LogP contribution in [0.3, 0.4) is 0 Å². The predicted molar refractivity (Wildman–Crippen MR) is 119 cm³/mol. The van der Waals surface area contributed by atoms with Gasteiger partial charge < -0.3 is 9.88 Å². The molecule has 3 aromatic rings. The SMILES string of the molecule is C[C@@]1(C(=O)NC2CCCC2)Cn2c(cc3ccccc32)C(=O)N1c1cccc(C(F)(F)F)c1. The van der Waals surface area contributed by atoms with Gasteiger partial charge >= 0.3 is 6.18 Å². The van der Waals surface area contributed by atoms with Crippen molar-refractivity contribution >= 4 is 28.4 Å². The average molecular weight is 455 g/mol. The monoisotopic (exact) mass is 455 g/mol. The lowest BCUT2D eigenvalue weighted by Gasteiger charge is -2.44. The Balaban J connectivity index is 1.65. The van der Waals surface area contributed by atoms with Crippen LogP contribution in [0.2, 0.25) is 0 Å². The second kappa shape index (κ2) is 7.64. The van der Waals surface area contributed by atoms with E-state index in [-0.39, 0.29) is 24.2 Å². The van der Waals surface area contributed by atoms with Crippen LogP contribution < -0.4 is 10.2 Å². The molecule has 0 unspecified atom stereocenters. The van der Waals surface area contributed by atoms with E-state index in [2.05, 4.69) is 5.32 Å². The van der Waals surface area contributed by atoms with Crippen molar-refractivity contribution in [3.8, 4) is 0 Å². The van der Waals surface area contributed by atoms with Gasteiger partial charge in [0.1, 0.15) is 11.2 Å². The maximum Gasteiger partial charge on any atom is 0.416 e. The van der Waals surface area contributed by atoms with Gasteiger partial charge in [-0.3, -0.25) is 14.5 Å². The fourth-order valence-corrected chi connectivity index (χ4v) is 5.08. The van der Waals surface area contributed by atoms with E-state index in [1.54, 1.807) is 17.6 Å². The minimum atomic E-state index is -4.56. The molecule has 0 bridgehead atoms. The van der Waals surface area contributed by atoms with Crippen LogP contribution >= 0.6 is 0 Å². The summed E-state index contributed by atoms with van der Waals surface area (Å²) in [4.78, 5) is 28.6. The first-order valence-electron chi connectivity index (χ1n) is 11.1. The molecule has 5 nitrogen and oxygen atoms in total. The predicted octanol–water partition coefficient (Wildman–Crippen LogP) is 5.14. The van der Waals surface area contributed by atoms with Crippen molar-refractivity contribution in [2.45, 2.75) is 56.9 Å². The molecule has 0 saturated heterocycles. The first-order valence-corrected chi connectivity index (χ1v) is 11.1. The summed E-state index contributed by atoms with van der Waals surface area (Å²) in [7, 11) is 0. The molecule has 1 aliphatic carbocycles. The van der Waals surface area contributed by atoms with Crippen molar-refractivity contribution in [2.75, 3.05) is 4.90 Å². The van der Waals surface area contributed by atoms with Crippen molar-refractivity contribution < 1.29 is 22.8 Å². The lowest BCUT2D eigenvalue weighted by molar-refractivity contribution is -0.137. The third kappa shape index (κ3) is 3.57. The number of benzene rings is 2. The topological polar surface area (TPSA) is 54.3 Å². The van der Waals surface area contributed by atoms with Gasteiger partial charge in [0.05, 0.1) is 12.1 Å². The van der Waals surface area contributed by atoms with Crippen LogP contribution in [0.1, 0.15) is 48.7 Å². The first kappa shape index (κ1) is 21.6. The highest BCUT2D eigenvalue weighted by molar-refractivity contribution is 6.14. The zero-order chi connectivity index (χ0) is 23.4. The van der Waals surface area contributed by atoms with Gasteiger partial charge in [-0.15, -0.1) is 0 Å². The largest absolute Gasteiger partial charge is 0.416 e. The van der Waals surface area contributed by atoms with E-state index in [1.807, 2.05) is 24.3 Å². The number of hydrogen-bond acceptors (Lipinski definition) is 2. The summed E-state index contributed by atoms with van der Waals surface area (Å²) < 4.78 is 42.1. The van der Waals surface area contributed by atoms with Gasteiger partial charge in [-0.05, 0) is 50.1 Å².